The molecule has 4 aromatic rings. The summed E-state index contributed by atoms with van der Waals surface area (Å²) in [7, 11) is 0. The average molecular weight is 422 g/mol. The first-order valence-corrected chi connectivity index (χ1v) is 10.4. The van der Waals surface area contributed by atoms with Gasteiger partial charge in [-0.25, -0.2) is 4.98 Å². The number of nitrogens with one attached hydrogen (secondary N) is 2. The number of imidazole rings is 1. The lowest BCUT2D eigenvalue weighted by atomic mass is 10.2. The summed E-state index contributed by atoms with van der Waals surface area (Å²) in [5.74, 6) is 2.13. The lowest BCUT2D eigenvalue weighted by Gasteiger charge is -2.15. The number of nitrogens with zero attached hydrogens (tertiary/aromatic N) is 1. The lowest BCUT2D eigenvalue weighted by Crippen LogP contribution is -2.14. The van der Waals surface area contributed by atoms with Crippen molar-refractivity contribution in [2.24, 2.45) is 0 Å². The first-order valence-electron chi connectivity index (χ1n) is 9.99. The fourth-order valence-corrected chi connectivity index (χ4v) is 3.56. The van der Waals surface area contributed by atoms with Crippen molar-refractivity contribution in [3.05, 3.63) is 88.7 Å². The summed E-state index contributed by atoms with van der Waals surface area (Å²) >= 11 is 6.53. The van der Waals surface area contributed by atoms with Crippen molar-refractivity contribution in [1.29, 1.82) is 0 Å². The Morgan fingerprint density at radius 3 is 2.53 bits per heavy atom. The Hall–Kier alpha value is -3.02. The highest BCUT2D eigenvalue weighted by Crippen LogP contribution is 2.37. The van der Waals surface area contributed by atoms with E-state index < -0.39 is 0 Å². The molecule has 1 aromatic heterocycles. The van der Waals surface area contributed by atoms with Gasteiger partial charge in [0.15, 0.2) is 11.5 Å². The summed E-state index contributed by atoms with van der Waals surface area (Å²) in [6, 6.07) is 21.9. The maximum atomic E-state index is 6.53. The van der Waals surface area contributed by atoms with Gasteiger partial charge < -0.3 is 19.8 Å². The van der Waals surface area contributed by atoms with Gasteiger partial charge in [-0.2, -0.15) is 0 Å². The number of benzene rings is 3. The second-order valence-corrected chi connectivity index (χ2v) is 7.32. The predicted octanol–water partition coefficient (Wildman–Crippen LogP) is 5.48. The Morgan fingerprint density at radius 2 is 1.73 bits per heavy atom. The third kappa shape index (κ3) is 4.93. The van der Waals surface area contributed by atoms with E-state index in [1.807, 2.05) is 73.7 Å². The number of aromatic nitrogens is 2. The number of fused-ring (bicyclic) bond motifs is 1. The summed E-state index contributed by atoms with van der Waals surface area (Å²) in [5.41, 5.74) is 4.10. The average Bonchev–Trinajstić information content (AvgIpc) is 3.17. The number of para-hydroxylation sites is 2. The summed E-state index contributed by atoms with van der Waals surface area (Å²) in [6.45, 7) is 4.18. The van der Waals surface area contributed by atoms with Crippen LogP contribution in [0.5, 0.6) is 11.5 Å². The van der Waals surface area contributed by atoms with Gasteiger partial charge in [-0.15, -0.1) is 0 Å². The van der Waals surface area contributed by atoms with Gasteiger partial charge in [0.1, 0.15) is 12.4 Å². The quantitative estimate of drug-likeness (QED) is 0.375. The van der Waals surface area contributed by atoms with Crippen LogP contribution in [0.1, 0.15) is 23.9 Å². The molecule has 0 saturated carbocycles. The molecule has 0 aliphatic heterocycles. The molecule has 0 unspecified atom stereocenters. The molecule has 4 rings (SSSR count). The Labute approximate surface area is 181 Å². The zero-order valence-electron chi connectivity index (χ0n) is 16.8. The van der Waals surface area contributed by atoms with Gasteiger partial charge in [0.05, 0.1) is 29.2 Å². The van der Waals surface area contributed by atoms with E-state index in [1.54, 1.807) is 0 Å². The first-order chi connectivity index (χ1) is 14.7. The molecule has 0 amide bonds. The molecule has 154 valence electrons. The topological polar surface area (TPSA) is 59.2 Å². The molecular formula is C24H24ClN3O2. The molecule has 0 fully saturated rings. The number of aromatic amines is 1. The van der Waals surface area contributed by atoms with Gasteiger partial charge in [0.25, 0.3) is 0 Å². The molecule has 2 N–H and O–H groups in total. The molecule has 0 bridgehead atoms. The second kappa shape index (κ2) is 9.65. The molecule has 1 heterocycles. The van der Waals surface area contributed by atoms with Gasteiger partial charge in [0, 0.05) is 6.54 Å². The van der Waals surface area contributed by atoms with E-state index in [0.717, 1.165) is 28.0 Å². The minimum Gasteiger partial charge on any atom is -0.490 e. The van der Waals surface area contributed by atoms with Gasteiger partial charge >= 0.3 is 0 Å². The van der Waals surface area contributed by atoms with E-state index in [9.17, 15) is 0 Å². The molecule has 6 heteroatoms. The summed E-state index contributed by atoms with van der Waals surface area (Å²) in [6.07, 6.45) is 0. The number of halogens is 1. The van der Waals surface area contributed by atoms with Gasteiger partial charge in [-0.1, -0.05) is 54.1 Å². The molecule has 3 aromatic carbocycles. The Bertz CT molecular complexity index is 1080. The van der Waals surface area contributed by atoms with Crippen LogP contribution in [-0.4, -0.2) is 16.6 Å². The predicted molar refractivity (Wildman–Crippen MR) is 120 cm³/mol. The monoisotopic (exact) mass is 421 g/mol. The maximum absolute atomic E-state index is 6.53. The Morgan fingerprint density at radius 1 is 0.933 bits per heavy atom. The number of H-pyrrole nitrogens is 1. The number of ether oxygens (including phenoxy) is 2. The highest BCUT2D eigenvalue weighted by molar-refractivity contribution is 6.32. The van der Waals surface area contributed by atoms with Crippen molar-refractivity contribution in [3.8, 4) is 11.5 Å². The zero-order chi connectivity index (χ0) is 20.8. The van der Waals surface area contributed by atoms with Gasteiger partial charge in [0.2, 0.25) is 0 Å². The molecule has 0 atom stereocenters. The number of rotatable bonds is 9. The van der Waals surface area contributed by atoms with Crippen LogP contribution in [-0.2, 0) is 19.7 Å². The van der Waals surface area contributed by atoms with Crippen LogP contribution in [0.4, 0.5) is 0 Å². The van der Waals surface area contributed by atoms with Crippen LogP contribution in [0.2, 0.25) is 5.02 Å². The van der Waals surface area contributed by atoms with E-state index in [1.165, 1.54) is 0 Å². The number of hydrogen-bond acceptors (Lipinski definition) is 4. The van der Waals surface area contributed by atoms with Crippen LogP contribution >= 0.6 is 11.6 Å². The van der Waals surface area contributed by atoms with Crippen molar-refractivity contribution >= 4 is 22.6 Å². The normalized spacial score (nSPS) is 11.0. The van der Waals surface area contributed by atoms with Crippen molar-refractivity contribution in [3.63, 3.8) is 0 Å². The first kappa shape index (κ1) is 20.3. The SMILES string of the molecule is CCOc1cc(CNCc2nc3ccccc3[nH]2)cc(Cl)c1OCc1ccccc1. The standard InChI is InChI=1S/C24H24ClN3O2/c1-2-29-22-13-18(12-19(25)24(22)30-16-17-8-4-3-5-9-17)14-26-15-23-27-20-10-6-7-11-21(20)28-23/h3-13,26H,2,14-16H2,1H3,(H,27,28). The van der Waals surface area contributed by atoms with Crippen LogP contribution in [0, 0.1) is 0 Å². The highest BCUT2D eigenvalue weighted by Gasteiger charge is 2.13. The second-order valence-electron chi connectivity index (χ2n) is 6.92. The van der Waals surface area contributed by atoms with E-state index in [4.69, 9.17) is 21.1 Å². The van der Waals surface area contributed by atoms with Crippen LogP contribution in [0.3, 0.4) is 0 Å². The smallest absolute Gasteiger partial charge is 0.180 e. The zero-order valence-corrected chi connectivity index (χ0v) is 17.6. The lowest BCUT2D eigenvalue weighted by molar-refractivity contribution is 0.269. The van der Waals surface area contributed by atoms with Crippen molar-refractivity contribution < 1.29 is 9.47 Å². The Balaban J connectivity index is 1.42. The molecule has 0 aliphatic carbocycles. The van der Waals surface area contributed by atoms with E-state index in [0.29, 0.717) is 42.8 Å². The summed E-state index contributed by atoms with van der Waals surface area (Å²) in [4.78, 5) is 7.91. The van der Waals surface area contributed by atoms with Crippen LogP contribution < -0.4 is 14.8 Å². The third-order valence-corrected chi connectivity index (χ3v) is 4.94. The Kier molecular flexibility index (Phi) is 6.52. The molecule has 0 aliphatic rings. The summed E-state index contributed by atoms with van der Waals surface area (Å²) < 4.78 is 11.8. The van der Waals surface area contributed by atoms with Crippen molar-refractivity contribution in [2.75, 3.05) is 6.61 Å². The van der Waals surface area contributed by atoms with Crippen LogP contribution in [0.25, 0.3) is 11.0 Å². The molecule has 5 nitrogen and oxygen atoms in total. The largest absolute Gasteiger partial charge is 0.490 e. The van der Waals surface area contributed by atoms with Gasteiger partial charge in [-0.3, -0.25) is 0 Å². The van der Waals surface area contributed by atoms with E-state index in [2.05, 4.69) is 15.3 Å². The van der Waals surface area contributed by atoms with Crippen molar-refractivity contribution in [1.82, 2.24) is 15.3 Å². The van der Waals surface area contributed by atoms with Crippen molar-refractivity contribution in [2.45, 2.75) is 26.6 Å². The molecule has 0 spiro atoms. The highest BCUT2D eigenvalue weighted by atomic mass is 35.5. The molecule has 0 saturated heterocycles. The molecule has 0 radical (unpaired) electrons. The minimum absolute atomic E-state index is 0.435. The fourth-order valence-electron chi connectivity index (χ4n) is 3.27. The summed E-state index contributed by atoms with van der Waals surface area (Å²) in [5, 5.41) is 3.94. The van der Waals surface area contributed by atoms with Gasteiger partial charge in [-0.05, 0) is 42.3 Å². The fraction of sp³-hybridized carbons (Fsp3) is 0.208. The third-order valence-electron chi connectivity index (χ3n) is 4.66. The van der Waals surface area contributed by atoms with Crippen LogP contribution in [0.15, 0.2) is 66.7 Å². The maximum Gasteiger partial charge on any atom is 0.180 e. The minimum atomic E-state index is 0.435. The molecular weight excluding hydrogens is 398 g/mol. The number of hydrogen-bond donors (Lipinski definition) is 2. The van der Waals surface area contributed by atoms with E-state index in [-0.39, 0.29) is 0 Å². The molecule has 30 heavy (non-hydrogen) atoms. The van der Waals surface area contributed by atoms with E-state index >= 15 is 0 Å².